The number of rotatable bonds is 0. The van der Waals surface area contributed by atoms with Crippen molar-refractivity contribution in [3.63, 3.8) is 0 Å². The normalized spacial score (nSPS) is 37.1. The lowest BCUT2D eigenvalue weighted by molar-refractivity contribution is 0.0856. The number of aromatic amines is 1. The fourth-order valence-corrected chi connectivity index (χ4v) is 5.47. The molecule has 3 heterocycles. The van der Waals surface area contributed by atoms with E-state index in [0.717, 1.165) is 0 Å². The first-order valence-corrected chi connectivity index (χ1v) is 8.61. The van der Waals surface area contributed by atoms with Crippen LogP contribution in [0.4, 0.5) is 0 Å². The predicted molar refractivity (Wildman–Crippen MR) is 90.9 cm³/mol. The second kappa shape index (κ2) is 4.05. The lowest BCUT2D eigenvalue weighted by Gasteiger charge is -2.46. The van der Waals surface area contributed by atoms with Crippen molar-refractivity contribution in [3.05, 3.63) is 47.7 Å². The van der Waals surface area contributed by atoms with E-state index in [1.54, 1.807) is 5.56 Å². The zero-order valence-electron chi connectivity index (χ0n) is 13.5. The summed E-state index contributed by atoms with van der Waals surface area (Å²) in [5.41, 5.74) is 5.16. The number of allylic oxidation sites excluding steroid dienone is 2. The average molecular weight is 292 g/mol. The Morgan fingerprint density at radius 3 is 2.86 bits per heavy atom. The molecule has 3 atom stereocenters. The Kier molecular flexibility index (Phi) is 2.38. The summed E-state index contributed by atoms with van der Waals surface area (Å²) in [6.07, 6.45) is 8.45. The molecule has 0 radical (unpaired) electrons. The quantitative estimate of drug-likeness (QED) is 0.711. The molecule has 3 aliphatic rings. The molecule has 2 heteroatoms. The van der Waals surface area contributed by atoms with Crippen molar-refractivity contribution in [1.29, 1.82) is 0 Å². The van der Waals surface area contributed by atoms with Crippen LogP contribution in [-0.2, 0) is 6.42 Å². The minimum absolute atomic E-state index is 0.345. The van der Waals surface area contributed by atoms with E-state index in [0.29, 0.717) is 16.9 Å². The molecule has 1 aliphatic carbocycles. The van der Waals surface area contributed by atoms with Gasteiger partial charge in [0.1, 0.15) is 0 Å². The highest BCUT2D eigenvalue weighted by atomic mass is 15.2. The second-order valence-electron chi connectivity index (χ2n) is 8.04. The first-order chi connectivity index (χ1) is 10.6. The molecular formula is C20H24N2. The third-order valence-electron chi connectivity index (χ3n) is 6.95. The summed E-state index contributed by atoms with van der Waals surface area (Å²) < 4.78 is 0. The fraction of sp³-hybridized carbons (Fsp3) is 0.500. The van der Waals surface area contributed by atoms with E-state index in [4.69, 9.17) is 0 Å². The van der Waals surface area contributed by atoms with Gasteiger partial charge in [-0.2, -0.15) is 0 Å². The van der Waals surface area contributed by atoms with Gasteiger partial charge in [-0.25, -0.2) is 0 Å². The molecule has 0 spiro atoms. The van der Waals surface area contributed by atoms with Crippen molar-refractivity contribution in [1.82, 2.24) is 9.88 Å². The summed E-state index contributed by atoms with van der Waals surface area (Å²) in [7, 11) is 0. The van der Waals surface area contributed by atoms with E-state index in [1.807, 2.05) is 0 Å². The fourth-order valence-electron chi connectivity index (χ4n) is 5.47. The van der Waals surface area contributed by atoms with Gasteiger partial charge in [-0.1, -0.05) is 44.2 Å². The molecule has 0 saturated carbocycles. The Hall–Kier alpha value is -1.54. The Balaban J connectivity index is 1.74. The zero-order valence-corrected chi connectivity index (χ0v) is 13.5. The van der Waals surface area contributed by atoms with E-state index in [1.165, 1.54) is 48.9 Å². The van der Waals surface area contributed by atoms with E-state index in [2.05, 4.69) is 60.1 Å². The molecule has 2 aromatic rings. The van der Waals surface area contributed by atoms with Crippen LogP contribution in [0.2, 0.25) is 0 Å². The molecule has 1 N–H and O–H groups in total. The van der Waals surface area contributed by atoms with Gasteiger partial charge in [0.05, 0.1) is 6.04 Å². The largest absolute Gasteiger partial charge is 0.357 e. The third-order valence-corrected chi connectivity index (χ3v) is 6.95. The van der Waals surface area contributed by atoms with Crippen molar-refractivity contribution in [3.8, 4) is 0 Å². The van der Waals surface area contributed by atoms with Crippen LogP contribution >= 0.6 is 0 Å². The molecular weight excluding hydrogens is 268 g/mol. The van der Waals surface area contributed by atoms with Crippen LogP contribution in [0.1, 0.15) is 44.0 Å². The molecule has 1 saturated heterocycles. The zero-order chi connectivity index (χ0) is 14.9. The molecule has 0 bridgehead atoms. The van der Waals surface area contributed by atoms with Crippen molar-refractivity contribution < 1.29 is 0 Å². The van der Waals surface area contributed by atoms with Crippen LogP contribution in [0.3, 0.4) is 0 Å². The molecule has 1 aromatic heterocycles. The van der Waals surface area contributed by atoms with Crippen molar-refractivity contribution in [2.45, 2.75) is 39.2 Å². The predicted octanol–water partition coefficient (Wildman–Crippen LogP) is 4.44. The number of hydrogen-bond donors (Lipinski definition) is 1. The number of H-pyrrole nitrogens is 1. The van der Waals surface area contributed by atoms with Crippen LogP contribution in [0.15, 0.2) is 36.4 Å². The Labute approximate surface area is 132 Å². The third kappa shape index (κ3) is 1.40. The maximum atomic E-state index is 3.80. The summed E-state index contributed by atoms with van der Waals surface area (Å²) in [5, 5.41) is 1.45. The topological polar surface area (TPSA) is 19.0 Å². The van der Waals surface area contributed by atoms with E-state index in [-0.39, 0.29) is 0 Å². The van der Waals surface area contributed by atoms with Gasteiger partial charge in [-0.3, -0.25) is 4.90 Å². The lowest BCUT2D eigenvalue weighted by Crippen LogP contribution is -2.40. The van der Waals surface area contributed by atoms with Gasteiger partial charge in [0.25, 0.3) is 0 Å². The van der Waals surface area contributed by atoms with E-state index < -0.39 is 0 Å². The van der Waals surface area contributed by atoms with Crippen molar-refractivity contribution in [2.24, 2.45) is 10.8 Å². The minimum Gasteiger partial charge on any atom is -0.357 e. The molecule has 0 amide bonds. The van der Waals surface area contributed by atoms with E-state index in [9.17, 15) is 0 Å². The average Bonchev–Trinajstić information content (AvgIpc) is 2.99. The van der Waals surface area contributed by atoms with Gasteiger partial charge in [0.2, 0.25) is 0 Å². The number of nitrogens with zero attached hydrogens (tertiary/aromatic N) is 1. The molecule has 22 heavy (non-hydrogen) atoms. The summed E-state index contributed by atoms with van der Waals surface area (Å²) in [6, 6.07) is 9.39. The monoisotopic (exact) mass is 292 g/mol. The summed E-state index contributed by atoms with van der Waals surface area (Å²) in [6.45, 7) is 7.50. The highest BCUT2D eigenvalue weighted by Gasteiger charge is 2.59. The molecule has 2 nitrogen and oxygen atoms in total. The van der Waals surface area contributed by atoms with Crippen LogP contribution in [0, 0.1) is 10.8 Å². The Morgan fingerprint density at radius 2 is 1.95 bits per heavy atom. The first-order valence-electron chi connectivity index (χ1n) is 8.61. The Morgan fingerprint density at radius 1 is 1.14 bits per heavy atom. The summed E-state index contributed by atoms with van der Waals surface area (Å²) >= 11 is 0. The molecule has 1 aromatic carbocycles. The van der Waals surface area contributed by atoms with E-state index >= 15 is 0 Å². The van der Waals surface area contributed by atoms with Crippen LogP contribution in [-0.4, -0.2) is 23.0 Å². The number of hydrogen-bond acceptors (Lipinski definition) is 1. The Bertz CT molecular complexity index is 786. The smallest absolute Gasteiger partial charge is 0.0564 e. The van der Waals surface area contributed by atoms with Gasteiger partial charge >= 0.3 is 0 Å². The maximum absolute atomic E-state index is 3.80. The van der Waals surface area contributed by atoms with Gasteiger partial charge in [-0.15, -0.1) is 0 Å². The number of fused-ring (bicyclic) bond motifs is 7. The maximum Gasteiger partial charge on any atom is 0.0564 e. The van der Waals surface area contributed by atoms with Gasteiger partial charge in [0.15, 0.2) is 0 Å². The minimum atomic E-state index is 0.345. The number of aromatic nitrogens is 1. The van der Waals surface area contributed by atoms with Gasteiger partial charge in [-0.05, 0) is 41.7 Å². The van der Waals surface area contributed by atoms with Crippen LogP contribution in [0.25, 0.3) is 10.9 Å². The first kappa shape index (κ1) is 13.0. The number of benzene rings is 1. The summed E-state index contributed by atoms with van der Waals surface area (Å²) in [5.74, 6) is 0. The molecule has 114 valence electrons. The SMILES string of the molecule is C[C@]12CC=CC[C@@]1(C)C1c3[nH]c4ccccc4c3CCN1C2. The lowest BCUT2D eigenvalue weighted by atomic mass is 9.58. The molecule has 2 aliphatic heterocycles. The molecule has 1 fully saturated rings. The highest BCUT2D eigenvalue weighted by Crippen LogP contribution is 2.63. The van der Waals surface area contributed by atoms with Crippen LogP contribution < -0.4 is 0 Å². The summed E-state index contributed by atoms with van der Waals surface area (Å²) in [4.78, 5) is 6.55. The van der Waals surface area contributed by atoms with Crippen molar-refractivity contribution >= 4 is 10.9 Å². The van der Waals surface area contributed by atoms with Gasteiger partial charge < -0.3 is 4.98 Å². The molecule has 1 unspecified atom stereocenters. The standard InChI is InChI=1S/C20H24N2/c1-19-10-5-6-11-20(19,2)18-17-15(9-12-22(18)13-19)14-7-3-4-8-16(14)21-17/h3-8,18,21H,9-13H2,1-2H3/t18?,19-,20+/m1/s1. The number of nitrogens with one attached hydrogen (secondary N) is 1. The number of para-hydroxylation sites is 1. The second-order valence-corrected chi connectivity index (χ2v) is 8.04. The van der Waals surface area contributed by atoms with Crippen molar-refractivity contribution in [2.75, 3.05) is 13.1 Å². The van der Waals surface area contributed by atoms with Gasteiger partial charge in [0, 0.05) is 29.7 Å². The highest BCUT2D eigenvalue weighted by molar-refractivity contribution is 5.85. The molecule has 5 rings (SSSR count). The van der Waals surface area contributed by atoms with Crippen LogP contribution in [0.5, 0.6) is 0 Å².